The largest absolute Gasteiger partial charge is 0.507 e. The van der Waals surface area contributed by atoms with E-state index in [9.17, 15) is 9.90 Å². The second-order valence-corrected chi connectivity index (χ2v) is 3.60. The van der Waals surface area contributed by atoms with E-state index in [4.69, 9.17) is 11.6 Å². The molecule has 1 aromatic rings. The van der Waals surface area contributed by atoms with Crippen molar-refractivity contribution in [3.63, 3.8) is 0 Å². The summed E-state index contributed by atoms with van der Waals surface area (Å²) in [7, 11) is 0. The maximum atomic E-state index is 10.9. The van der Waals surface area contributed by atoms with Crippen LogP contribution in [0.5, 0.6) is 5.75 Å². The molecule has 1 N–H and O–H groups in total. The molecular formula is C8H6BrClO2. The van der Waals surface area contributed by atoms with E-state index in [-0.39, 0.29) is 11.5 Å². The Hall–Kier alpha value is -0.540. The molecular weight excluding hydrogens is 243 g/mol. The van der Waals surface area contributed by atoms with Gasteiger partial charge in [0.1, 0.15) is 5.75 Å². The topological polar surface area (TPSA) is 37.3 Å². The van der Waals surface area contributed by atoms with E-state index in [2.05, 4.69) is 15.9 Å². The van der Waals surface area contributed by atoms with Crippen LogP contribution >= 0.6 is 27.5 Å². The quantitative estimate of drug-likeness (QED) is 0.777. The number of ketones is 1. The molecule has 0 heterocycles. The fraction of sp³-hybridized carbons (Fsp3) is 0.125. The third kappa shape index (κ3) is 1.79. The first kappa shape index (κ1) is 9.55. The Bertz CT molecular complexity index is 336. The van der Waals surface area contributed by atoms with Crippen LogP contribution in [-0.4, -0.2) is 10.9 Å². The number of benzene rings is 1. The lowest BCUT2D eigenvalue weighted by atomic mass is 10.1. The van der Waals surface area contributed by atoms with Gasteiger partial charge in [0, 0.05) is 5.56 Å². The highest BCUT2D eigenvalue weighted by molar-refractivity contribution is 9.10. The van der Waals surface area contributed by atoms with Crippen molar-refractivity contribution in [3.8, 4) is 5.75 Å². The Morgan fingerprint density at radius 3 is 2.67 bits per heavy atom. The van der Waals surface area contributed by atoms with Gasteiger partial charge in [-0.15, -0.1) is 0 Å². The summed E-state index contributed by atoms with van der Waals surface area (Å²) in [5.74, 6) is -0.146. The summed E-state index contributed by atoms with van der Waals surface area (Å²) in [6, 6.07) is 2.84. The molecule has 0 aliphatic rings. The third-order valence-electron chi connectivity index (χ3n) is 1.42. The van der Waals surface area contributed by atoms with E-state index < -0.39 is 0 Å². The van der Waals surface area contributed by atoms with E-state index >= 15 is 0 Å². The first-order chi connectivity index (χ1) is 5.52. The number of phenolic OH excluding ortho intramolecular Hbond substituents is 1. The van der Waals surface area contributed by atoms with Crippen molar-refractivity contribution < 1.29 is 9.90 Å². The SMILES string of the molecule is CC(=O)c1cc(O)c(Br)cc1Cl. The summed E-state index contributed by atoms with van der Waals surface area (Å²) < 4.78 is 0.484. The van der Waals surface area contributed by atoms with E-state index in [1.54, 1.807) is 0 Å². The van der Waals surface area contributed by atoms with Crippen molar-refractivity contribution in [2.24, 2.45) is 0 Å². The van der Waals surface area contributed by atoms with Crippen LogP contribution < -0.4 is 0 Å². The molecule has 1 rings (SSSR count). The lowest BCUT2D eigenvalue weighted by molar-refractivity contribution is 0.101. The smallest absolute Gasteiger partial charge is 0.161 e. The number of aromatic hydroxyl groups is 1. The lowest BCUT2D eigenvalue weighted by Gasteiger charge is -2.02. The second kappa shape index (κ2) is 3.46. The van der Waals surface area contributed by atoms with Gasteiger partial charge in [-0.2, -0.15) is 0 Å². The van der Waals surface area contributed by atoms with Crippen LogP contribution in [0.4, 0.5) is 0 Å². The van der Waals surface area contributed by atoms with Gasteiger partial charge in [0.05, 0.1) is 9.50 Å². The van der Waals surface area contributed by atoms with Crippen LogP contribution in [0, 0.1) is 0 Å². The van der Waals surface area contributed by atoms with Gasteiger partial charge in [-0.25, -0.2) is 0 Å². The average Bonchev–Trinajstić information content (AvgIpc) is 1.96. The zero-order valence-electron chi connectivity index (χ0n) is 6.27. The van der Waals surface area contributed by atoms with Gasteiger partial charge in [-0.05, 0) is 35.0 Å². The lowest BCUT2D eigenvalue weighted by Crippen LogP contribution is -1.92. The van der Waals surface area contributed by atoms with Crippen molar-refractivity contribution in [2.45, 2.75) is 6.92 Å². The Morgan fingerprint density at radius 2 is 2.17 bits per heavy atom. The zero-order valence-corrected chi connectivity index (χ0v) is 8.61. The molecule has 0 aromatic heterocycles. The van der Waals surface area contributed by atoms with Crippen LogP contribution in [-0.2, 0) is 0 Å². The molecule has 0 unspecified atom stereocenters. The molecule has 0 fully saturated rings. The number of carbonyl (C=O) groups is 1. The summed E-state index contributed by atoms with van der Waals surface area (Å²) in [5, 5.41) is 9.56. The Labute approximate surface area is 83.3 Å². The number of halogens is 2. The van der Waals surface area contributed by atoms with Crippen molar-refractivity contribution in [1.82, 2.24) is 0 Å². The normalized spacial score (nSPS) is 9.92. The Kier molecular flexibility index (Phi) is 2.75. The Balaban J connectivity index is 3.33. The van der Waals surface area contributed by atoms with Crippen molar-refractivity contribution in [2.75, 3.05) is 0 Å². The number of hydrogen-bond donors (Lipinski definition) is 1. The van der Waals surface area contributed by atoms with Gasteiger partial charge >= 0.3 is 0 Å². The van der Waals surface area contributed by atoms with Gasteiger partial charge in [-0.3, -0.25) is 4.79 Å². The minimum absolute atomic E-state index is 0.0181. The molecule has 0 aliphatic carbocycles. The molecule has 2 nitrogen and oxygen atoms in total. The van der Waals surface area contributed by atoms with Gasteiger partial charge in [0.2, 0.25) is 0 Å². The molecule has 64 valence electrons. The van der Waals surface area contributed by atoms with Crippen molar-refractivity contribution >= 4 is 33.3 Å². The summed E-state index contributed by atoms with van der Waals surface area (Å²) in [4.78, 5) is 10.9. The minimum Gasteiger partial charge on any atom is -0.507 e. The first-order valence-corrected chi connectivity index (χ1v) is 4.38. The van der Waals surface area contributed by atoms with Crippen molar-refractivity contribution in [1.29, 1.82) is 0 Å². The highest BCUT2D eigenvalue weighted by Gasteiger charge is 2.09. The third-order valence-corrected chi connectivity index (χ3v) is 2.36. The van der Waals surface area contributed by atoms with Crippen LogP contribution in [0.25, 0.3) is 0 Å². The molecule has 0 amide bonds. The Morgan fingerprint density at radius 1 is 1.58 bits per heavy atom. The molecule has 0 bridgehead atoms. The molecule has 0 saturated heterocycles. The van der Waals surface area contributed by atoms with E-state index in [0.717, 1.165) is 0 Å². The van der Waals surface area contributed by atoms with Crippen LogP contribution in [0.2, 0.25) is 5.02 Å². The molecule has 0 radical (unpaired) electrons. The summed E-state index contributed by atoms with van der Waals surface area (Å²) in [6.07, 6.45) is 0. The fourth-order valence-electron chi connectivity index (χ4n) is 0.807. The van der Waals surface area contributed by atoms with Crippen LogP contribution in [0.1, 0.15) is 17.3 Å². The molecule has 0 atom stereocenters. The molecule has 4 heteroatoms. The van der Waals surface area contributed by atoms with E-state index in [1.807, 2.05) is 0 Å². The standard InChI is InChI=1S/C8H6BrClO2/c1-4(11)5-2-8(12)6(9)3-7(5)10/h2-3,12H,1H3. The molecule has 12 heavy (non-hydrogen) atoms. The molecule has 0 aliphatic heterocycles. The number of phenols is 1. The van der Waals surface area contributed by atoms with Gasteiger partial charge < -0.3 is 5.11 Å². The van der Waals surface area contributed by atoms with E-state index in [0.29, 0.717) is 15.1 Å². The highest BCUT2D eigenvalue weighted by atomic mass is 79.9. The summed E-state index contributed by atoms with van der Waals surface area (Å²) in [5.41, 5.74) is 0.331. The van der Waals surface area contributed by atoms with E-state index in [1.165, 1.54) is 19.1 Å². The van der Waals surface area contributed by atoms with Crippen LogP contribution in [0.15, 0.2) is 16.6 Å². The maximum Gasteiger partial charge on any atom is 0.161 e. The maximum absolute atomic E-state index is 10.9. The van der Waals surface area contributed by atoms with Crippen molar-refractivity contribution in [3.05, 3.63) is 27.2 Å². The number of hydrogen-bond acceptors (Lipinski definition) is 2. The summed E-state index contributed by atoms with van der Waals surface area (Å²) in [6.45, 7) is 1.40. The number of rotatable bonds is 1. The highest BCUT2D eigenvalue weighted by Crippen LogP contribution is 2.30. The predicted molar refractivity (Wildman–Crippen MR) is 50.8 cm³/mol. The first-order valence-electron chi connectivity index (χ1n) is 3.21. The minimum atomic E-state index is -0.164. The summed E-state index contributed by atoms with van der Waals surface area (Å²) >= 11 is 8.82. The van der Waals surface area contributed by atoms with Gasteiger partial charge in [0.25, 0.3) is 0 Å². The number of Topliss-reactive ketones (excluding diaryl/α,β-unsaturated/α-hetero) is 1. The second-order valence-electron chi connectivity index (χ2n) is 2.34. The fourth-order valence-corrected chi connectivity index (χ4v) is 1.58. The molecule has 1 aromatic carbocycles. The van der Waals surface area contributed by atoms with Crippen LogP contribution in [0.3, 0.4) is 0 Å². The molecule has 0 spiro atoms. The zero-order chi connectivity index (χ0) is 9.30. The number of carbonyl (C=O) groups excluding carboxylic acids is 1. The average molecular weight is 249 g/mol. The van der Waals surface area contributed by atoms with Gasteiger partial charge in [0.15, 0.2) is 5.78 Å². The monoisotopic (exact) mass is 248 g/mol. The van der Waals surface area contributed by atoms with Gasteiger partial charge in [-0.1, -0.05) is 11.6 Å². The predicted octanol–water partition coefficient (Wildman–Crippen LogP) is 3.01. The molecule has 0 saturated carbocycles.